The summed E-state index contributed by atoms with van der Waals surface area (Å²) in [6.45, 7) is 3.77. The number of rotatable bonds is 1. The minimum atomic E-state index is -0.117. The summed E-state index contributed by atoms with van der Waals surface area (Å²) in [4.78, 5) is 25.1. The van der Waals surface area contributed by atoms with Crippen LogP contribution < -0.4 is 5.32 Å². The van der Waals surface area contributed by atoms with Gasteiger partial charge in [0.15, 0.2) is 0 Å². The average molecular weight is 196 g/mol. The van der Waals surface area contributed by atoms with E-state index in [1.807, 2.05) is 13.8 Å². The van der Waals surface area contributed by atoms with E-state index in [0.29, 0.717) is 0 Å². The molecule has 2 unspecified atom stereocenters. The number of piperazine rings is 1. The summed E-state index contributed by atoms with van der Waals surface area (Å²) < 4.78 is 0. The Morgan fingerprint density at radius 2 is 1.71 bits per heavy atom. The van der Waals surface area contributed by atoms with E-state index in [4.69, 9.17) is 0 Å². The standard InChI is InChI=1S/C10H16N2O2/c1-6(2)12-9(13)7-4-3-5-8(11-7)10(12)14/h6-8,11H,3-5H2,1-2H3. The van der Waals surface area contributed by atoms with Crippen molar-refractivity contribution in [2.45, 2.75) is 51.2 Å². The Morgan fingerprint density at radius 3 is 2.14 bits per heavy atom. The van der Waals surface area contributed by atoms with Crippen LogP contribution >= 0.6 is 0 Å². The number of likely N-dealkylation sites (tertiary alicyclic amines) is 1. The Hall–Kier alpha value is -0.900. The lowest BCUT2D eigenvalue weighted by molar-refractivity contribution is -0.156. The molecule has 2 atom stereocenters. The Morgan fingerprint density at radius 1 is 1.21 bits per heavy atom. The van der Waals surface area contributed by atoms with Crippen molar-refractivity contribution in [3.05, 3.63) is 0 Å². The van der Waals surface area contributed by atoms with Gasteiger partial charge < -0.3 is 0 Å². The number of carbonyl (C=O) groups excluding carboxylic acids is 2. The number of amides is 2. The second-order valence-electron chi connectivity index (χ2n) is 4.34. The molecule has 78 valence electrons. The van der Waals surface area contributed by atoms with Gasteiger partial charge in [-0.05, 0) is 33.1 Å². The lowest BCUT2D eigenvalue weighted by Gasteiger charge is -2.41. The minimum Gasteiger partial charge on any atom is -0.295 e. The van der Waals surface area contributed by atoms with E-state index >= 15 is 0 Å². The maximum Gasteiger partial charge on any atom is 0.246 e. The summed E-state index contributed by atoms with van der Waals surface area (Å²) in [6.07, 6.45) is 2.71. The van der Waals surface area contributed by atoms with E-state index in [-0.39, 0.29) is 29.9 Å². The highest BCUT2D eigenvalue weighted by atomic mass is 16.2. The van der Waals surface area contributed by atoms with Gasteiger partial charge >= 0.3 is 0 Å². The maximum absolute atomic E-state index is 11.8. The molecule has 2 saturated heterocycles. The molecule has 0 aliphatic carbocycles. The molecule has 0 aromatic carbocycles. The second-order valence-corrected chi connectivity index (χ2v) is 4.34. The molecule has 2 rings (SSSR count). The molecule has 4 heteroatoms. The van der Waals surface area contributed by atoms with Crippen LogP contribution in [0.15, 0.2) is 0 Å². The van der Waals surface area contributed by atoms with Crippen LogP contribution in [0.4, 0.5) is 0 Å². The van der Waals surface area contributed by atoms with E-state index in [1.165, 1.54) is 4.90 Å². The molecule has 0 saturated carbocycles. The summed E-state index contributed by atoms with van der Waals surface area (Å²) in [5.41, 5.74) is 0. The molecule has 2 amide bonds. The number of fused-ring (bicyclic) bond motifs is 2. The van der Waals surface area contributed by atoms with Crippen molar-refractivity contribution in [3.63, 3.8) is 0 Å². The summed E-state index contributed by atoms with van der Waals surface area (Å²) in [6, 6.07) is -0.247. The fraction of sp³-hybridized carbons (Fsp3) is 0.800. The number of imide groups is 1. The van der Waals surface area contributed by atoms with Crippen LogP contribution in [0.1, 0.15) is 33.1 Å². The summed E-state index contributed by atoms with van der Waals surface area (Å²) >= 11 is 0. The fourth-order valence-corrected chi connectivity index (χ4v) is 2.28. The van der Waals surface area contributed by atoms with Gasteiger partial charge in [0.05, 0.1) is 12.1 Å². The van der Waals surface area contributed by atoms with Crippen molar-refractivity contribution in [3.8, 4) is 0 Å². The van der Waals surface area contributed by atoms with Gasteiger partial charge in [-0.15, -0.1) is 0 Å². The Labute approximate surface area is 83.6 Å². The van der Waals surface area contributed by atoms with Gasteiger partial charge in [0.25, 0.3) is 0 Å². The largest absolute Gasteiger partial charge is 0.295 e. The van der Waals surface area contributed by atoms with Crippen LogP contribution in [0.25, 0.3) is 0 Å². The predicted molar refractivity (Wildman–Crippen MR) is 51.6 cm³/mol. The molecule has 2 bridgehead atoms. The molecule has 2 fully saturated rings. The Bertz CT molecular complexity index is 253. The molecule has 1 N–H and O–H groups in total. The minimum absolute atomic E-state index is 0.0137. The summed E-state index contributed by atoms with van der Waals surface area (Å²) in [7, 11) is 0. The van der Waals surface area contributed by atoms with Crippen molar-refractivity contribution in [1.29, 1.82) is 0 Å². The van der Waals surface area contributed by atoms with Crippen LogP contribution in [0.2, 0.25) is 0 Å². The number of nitrogens with zero attached hydrogens (tertiary/aromatic N) is 1. The van der Waals surface area contributed by atoms with E-state index in [2.05, 4.69) is 5.32 Å². The van der Waals surface area contributed by atoms with Gasteiger partial charge in [0, 0.05) is 6.04 Å². The monoisotopic (exact) mass is 196 g/mol. The van der Waals surface area contributed by atoms with Crippen LogP contribution in [0.5, 0.6) is 0 Å². The molecular weight excluding hydrogens is 180 g/mol. The first kappa shape index (κ1) is 9.65. The van der Waals surface area contributed by atoms with Gasteiger partial charge in [-0.1, -0.05) is 0 Å². The van der Waals surface area contributed by atoms with Crippen LogP contribution in [0, 0.1) is 0 Å². The molecule has 0 aromatic rings. The Balaban J connectivity index is 2.25. The topological polar surface area (TPSA) is 49.4 Å². The van der Waals surface area contributed by atoms with Gasteiger partial charge in [-0.3, -0.25) is 19.8 Å². The number of carbonyl (C=O) groups is 2. The average Bonchev–Trinajstić information content (AvgIpc) is 2.16. The number of hydrogen-bond acceptors (Lipinski definition) is 3. The van der Waals surface area contributed by atoms with Crippen molar-refractivity contribution in [2.24, 2.45) is 0 Å². The highest BCUT2D eigenvalue weighted by Crippen LogP contribution is 2.22. The van der Waals surface area contributed by atoms with Crippen LogP contribution in [-0.4, -0.2) is 34.8 Å². The second kappa shape index (κ2) is 3.35. The number of hydrogen-bond donors (Lipinski definition) is 1. The van der Waals surface area contributed by atoms with Crippen molar-refractivity contribution < 1.29 is 9.59 Å². The SMILES string of the molecule is CC(C)N1C(=O)C2CCCC(N2)C1=O. The van der Waals surface area contributed by atoms with Crippen LogP contribution in [0.3, 0.4) is 0 Å². The zero-order valence-electron chi connectivity index (χ0n) is 8.62. The quantitative estimate of drug-likeness (QED) is 0.613. The fourth-order valence-electron chi connectivity index (χ4n) is 2.28. The van der Waals surface area contributed by atoms with Crippen molar-refractivity contribution in [2.75, 3.05) is 0 Å². The third-order valence-electron chi connectivity index (χ3n) is 2.98. The molecule has 0 aromatic heterocycles. The van der Waals surface area contributed by atoms with Crippen molar-refractivity contribution in [1.82, 2.24) is 10.2 Å². The third kappa shape index (κ3) is 1.34. The van der Waals surface area contributed by atoms with E-state index in [1.54, 1.807) is 0 Å². The van der Waals surface area contributed by atoms with Crippen LogP contribution in [-0.2, 0) is 9.59 Å². The zero-order valence-corrected chi connectivity index (χ0v) is 8.62. The first-order chi connectivity index (χ1) is 6.61. The first-order valence-corrected chi connectivity index (χ1v) is 5.24. The van der Waals surface area contributed by atoms with E-state index in [9.17, 15) is 9.59 Å². The Kier molecular flexibility index (Phi) is 2.31. The molecule has 0 spiro atoms. The maximum atomic E-state index is 11.8. The van der Waals surface area contributed by atoms with E-state index < -0.39 is 0 Å². The predicted octanol–water partition coefficient (Wildman–Crippen LogP) is 0.274. The van der Waals surface area contributed by atoms with Gasteiger partial charge in [-0.25, -0.2) is 0 Å². The lowest BCUT2D eigenvalue weighted by atomic mass is 9.92. The third-order valence-corrected chi connectivity index (χ3v) is 2.98. The molecule has 0 radical (unpaired) electrons. The molecular formula is C10H16N2O2. The van der Waals surface area contributed by atoms with E-state index in [0.717, 1.165) is 19.3 Å². The first-order valence-electron chi connectivity index (χ1n) is 5.24. The highest BCUT2D eigenvalue weighted by molar-refractivity contribution is 6.03. The molecule has 14 heavy (non-hydrogen) atoms. The lowest BCUT2D eigenvalue weighted by Crippen LogP contribution is -2.66. The summed E-state index contributed by atoms with van der Waals surface area (Å²) in [5, 5.41) is 3.10. The molecule has 2 aliphatic rings. The zero-order chi connectivity index (χ0) is 10.3. The van der Waals surface area contributed by atoms with Gasteiger partial charge in [-0.2, -0.15) is 0 Å². The molecule has 2 heterocycles. The number of piperidine rings is 1. The highest BCUT2D eigenvalue weighted by Gasteiger charge is 2.43. The normalized spacial score (nSPS) is 32.6. The number of nitrogens with one attached hydrogen (secondary N) is 1. The molecule has 2 aliphatic heterocycles. The van der Waals surface area contributed by atoms with Gasteiger partial charge in [0.2, 0.25) is 11.8 Å². The summed E-state index contributed by atoms with van der Waals surface area (Å²) in [5.74, 6) is -0.0816. The smallest absolute Gasteiger partial charge is 0.246 e. The van der Waals surface area contributed by atoms with Gasteiger partial charge in [0.1, 0.15) is 0 Å². The molecule has 4 nitrogen and oxygen atoms in total. The van der Waals surface area contributed by atoms with Crippen molar-refractivity contribution >= 4 is 11.8 Å².